The highest BCUT2D eigenvalue weighted by Crippen LogP contribution is 2.14. The Morgan fingerprint density at radius 2 is 1.60 bits per heavy atom. The van der Waals surface area contributed by atoms with E-state index in [-0.39, 0.29) is 0 Å². The Morgan fingerprint density at radius 1 is 1.07 bits per heavy atom. The molecular formula is C10H23BO4. The highest BCUT2D eigenvalue weighted by Gasteiger charge is 2.24. The normalized spacial score (nSPS) is 15.0. The van der Waals surface area contributed by atoms with Crippen LogP contribution in [0.5, 0.6) is 0 Å². The van der Waals surface area contributed by atoms with Gasteiger partial charge in [-0.1, -0.05) is 39.5 Å². The van der Waals surface area contributed by atoms with Crippen LogP contribution in [0.15, 0.2) is 0 Å². The number of hydrogen-bond acceptors (Lipinski definition) is 4. The van der Waals surface area contributed by atoms with Gasteiger partial charge in [0.2, 0.25) is 0 Å². The number of aliphatic hydroxyl groups excluding tert-OH is 1. The summed E-state index contributed by atoms with van der Waals surface area (Å²) in [5, 5.41) is 27.2. The molecule has 0 saturated carbocycles. The van der Waals surface area contributed by atoms with Crippen molar-refractivity contribution in [3.05, 3.63) is 0 Å². The fraction of sp³-hybridized carbons (Fsp3) is 1.00. The minimum absolute atomic E-state index is 0.462. The largest absolute Gasteiger partial charge is 0.634 e. The van der Waals surface area contributed by atoms with Crippen LogP contribution < -0.4 is 0 Å². The predicted molar refractivity (Wildman–Crippen MR) is 60.1 cm³/mol. The molecule has 0 aromatic carbocycles. The van der Waals surface area contributed by atoms with Crippen molar-refractivity contribution in [1.29, 1.82) is 0 Å². The molecule has 5 heteroatoms. The standard InChI is InChI=1S/C10H23BO4/c1-3-5-7-9(12)10(8-6-4-2)15-11(13)14/h9-10,12-14H,3-8H2,1-2H3. The van der Waals surface area contributed by atoms with Crippen molar-refractivity contribution in [2.24, 2.45) is 0 Å². The lowest BCUT2D eigenvalue weighted by Gasteiger charge is -2.23. The maximum Gasteiger partial charge on any atom is 0.634 e. The Kier molecular flexibility index (Phi) is 9.10. The van der Waals surface area contributed by atoms with Crippen LogP contribution in [0.2, 0.25) is 0 Å². The third kappa shape index (κ3) is 7.79. The van der Waals surface area contributed by atoms with Crippen LogP contribution in [-0.4, -0.2) is 34.7 Å². The van der Waals surface area contributed by atoms with Gasteiger partial charge in [0.1, 0.15) is 0 Å². The molecule has 0 saturated heterocycles. The zero-order valence-electron chi connectivity index (χ0n) is 9.72. The first-order chi connectivity index (χ1) is 7.11. The van der Waals surface area contributed by atoms with Gasteiger partial charge in [0.05, 0.1) is 12.2 Å². The highest BCUT2D eigenvalue weighted by atomic mass is 16.6. The van der Waals surface area contributed by atoms with Gasteiger partial charge >= 0.3 is 7.32 Å². The Balaban J connectivity index is 3.95. The summed E-state index contributed by atoms with van der Waals surface area (Å²) >= 11 is 0. The van der Waals surface area contributed by atoms with Crippen LogP contribution in [0, 0.1) is 0 Å². The minimum Gasteiger partial charge on any atom is -0.402 e. The van der Waals surface area contributed by atoms with E-state index in [1.54, 1.807) is 0 Å². The molecule has 90 valence electrons. The van der Waals surface area contributed by atoms with E-state index in [1.165, 1.54) is 0 Å². The van der Waals surface area contributed by atoms with Crippen LogP contribution in [0.25, 0.3) is 0 Å². The summed E-state index contributed by atoms with van der Waals surface area (Å²) in [6.45, 7) is 4.10. The first-order valence-corrected chi connectivity index (χ1v) is 5.81. The molecule has 4 nitrogen and oxygen atoms in total. The Morgan fingerprint density at radius 3 is 2.07 bits per heavy atom. The van der Waals surface area contributed by atoms with E-state index >= 15 is 0 Å². The monoisotopic (exact) mass is 218 g/mol. The zero-order chi connectivity index (χ0) is 11.7. The van der Waals surface area contributed by atoms with Crippen molar-refractivity contribution in [2.75, 3.05) is 0 Å². The lowest BCUT2D eigenvalue weighted by molar-refractivity contribution is -0.00277. The van der Waals surface area contributed by atoms with Gasteiger partial charge in [0, 0.05) is 0 Å². The molecular weight excluding hydrogens is 195 g/mol. The summed E-state index contributed by atoms with van der Waals surface area (Å²) in [6.07, 6.45) is 4.11. The average molecular weight is 218 g/mol. The van der Waals surface area contributed by atoms with Gasteiger partial charge in [-0.3, -0.25) is 0 Å². The van der Waals surface area contributed by atoms with Gasteiger partial charge < -0.3 is 19.8 Å². The SMILES string of the molecule is CCCCC(O)C(CCCC)OB(O)O. The summed E-state index contributed by atoms with van der Waals surface area (Å²) in [5.74, 6) is 0. The summed E-state index contributed by atoms with van der Waals surface area (Å²) in [7, 11) is -1.79. The maximum absolute atomic E-state index is 9.77. The molecule has 0 aliphatic rings. The van der Waals surface area contributed by atoms with E-state index in [0.717, 1.165) is 25.7 Å². The summed E-state index contributed by atoms with van der Waals surface area (Å²) in [6, 6.07) is 0. The molecule has 0 rings (SSSR count). The van der Waals surface area contributed by atoms with Crippen LogP contribution in [0.3, 0.4) is 0 Å². The highest BCUT2D eigenvalue weighted by molar-refractivity contribution is 6.32. The van der Waals surface area contributed by atoms with E-state index in [1.807, 2.05) is 6.92 Å². The molecule has 2 unspecified atom stereocenters. The van der Waals surface area contributed by atoms with E-state index in [0.29, 0.717) is 12.8 Å². The molecule has 15 heavy (non-hydrogen) atoms. The fourth-order valence-corrected chi connectivity index (χ4v) is 1.51. The molecule has 0 bridgehead atoms. The van der Waals surface area contributed by atoms with Gasteiger partial charge in [-0.25, -0.2) is 0 Å². The van der Waals surface area contributed by atoms with E-state index in [9.17, 15) is 5.11 Å². The number of aliphatic hydroxyl groups is 1. The van der Waals surface area contributed by atoms with Gasteiger partial charge in [-0.15, -0.1) is 0 Å². The molecule has 0 aliphatic heterocycles. The third-order valence-corrected chi connectivity index (χ3v) is 2.42. The van der Waals surface area contributed by atoms with E-state index < -0.39 is 19.5 Å². The van der Waals surface area contributed by atoms with Crippen molar-refractivity contribution in [2.45, 2.75) is 64.6 Å². The van der Waals surface area contributed by atoms with Gasteiger partial charge in [0.25, 0.3) is 0 Å². The van der Waals surface area contributed by atoms with Gasteiger partial charge in [-0.2, -0.15) is 0 Å². The number of unbranched alkanes of at least 4 members (excludes halogenated alkanes) is 2. The first kappa shape index (κ1) is 14.9. The Bertz CT molecular complexity index is 143. The lowest BCUT2D eigenvalue weighted by Crippen LogP contribution is -2.35. The summed E-state index contributed by atoms with van der Waals surface area (Å²) < 4.78 is 4.87. The quantitative estimate of drug-likeness (QED) is 0.506. The molecule has 0 amide bonds. The first-order valence-electron chi connectivity index (χ1n) is 5.81. The molecule has 0 spiro atoms. The topological polar surface area (TPSA) is 69.9 Å². The van der Waals surface area contributed by atoms with Crippen molar-refractivity contribution in [1.82, 2.24) is 0 Å². The molecule has 3 N–H and O–H groups in total. The minimum atomic E-state index is -1.79. The molecule has 0 radical (unpaired) electrons. The van der Waals surface area contributed by atoms with Crippen LogP contribution in [-0.2, 0) is 4.65 Å². The van der Waals surface area contributed by atoms with Crippen molar-refractivity contribution in [3.63, 3.8) is 0 Å². The number of hydrogen-bond donors (Lipinski definition) is 3. The summed E-state index contributed by atoms with van der Waals surface area (Å²) in [4.78, 5) is 0. The fourth-order valence-electron chi connectivity index (χ4n) is 1.51. The molecule has 0 aliphatic carbocycles. The van der Waals surface area contributed by atoms with Crippen molar-refractivity contribution < 1.29 is 19.8 Å². The predicted octanol–water partition coefficient (Wildman–Crippen LogP) is 1.08. The smallest absolute Gasteiger partial charge is 0.402 e. The molecule has 0 heterocycles. The summed E-state index contributed by atoms with van der Waals surface area (Å²) in [5.41, 5.74) is 0. The second-order valence-corrected chi connectivity index (χ2v) is 3.85. The number of rotatable bonds is 9. The van der Waals surface area contributed by atoms with Gasteiger partial charge in [-0.05, 0) is 12.8 Å². The van der Waals surface area contributed by atoms with Crippen molar-refractivity contribution >= 4 is 7.32 Å². The second-order valence-electron chi connectivity index (χ2n) is 3.85. The molecule has 0 aromatic heterocycles. The van der Waals surface area contributed by atoms with Crippen LogP contribution >= 0.6 is 0 Å². The van der Waals surface area contributed by atoms with E-state index in [4.69, 9.17) is 14.7 Å². The van der Waals surface area contributed by atoms with Gasteiger partial charge in [0.15, 0.2) is 0 Å². The van der Waals surface area contributed by atoms with Crippen LogP contribution in [0.1, 0.15) is 52.4 Å². The van der Waals surface area contributed by atoms with E-state index in [2.05, 4.69) is 6.92 Å². The Hall–Kier alpha value is -0.0951. The molecule has 0 fully saturated rings. The van der Waals surface area contributed by atoms with Crippen LogP contribution in [0.4, 0.5) is 0 Å². The van der Waals surface area contributed by atoms with Crippen molar-refractivity contribution in [3.8, 4) is 0 Å². The third-order valence-electron chi connectivity index (χ3n) is 2.42. The Labute approximate surface area is 92.4 Å². The average Bonchev–Trinajstić information content (AvgIpc) is 2.20. The lowest BCUT2D eigenvalue weighted by atomic mass is 10.0. The molecule has 0 aromatic rings. The maximum atomic E-state index is 9.77. The molecule has 2 atom stereocenters. The zero-order valence-corrected chi connectivity index (χ0v) is 9.72. The second kappa shape index (κ2) is 9.15.